The molecule has 0 bridgehead atoms. The molecular weight excluding hydrogens is 382 g/mol. The number of amides is 3. The SMILES string of the molecule is CC(=O)N1CC2C(NC(=O)c3ccc(Br)cc3)C(=O)N2C1C(=O)O. The largest absolute Gasteiger partial charge is 0.478 e. The Morgan fingerprint density at radius 2 is 1.88 bits per heavy atom. The van der Waals surface area contributed by atoms with Crippen molar-refractivity contribution in [1.29, 1.82) is 0 Å². The Morgan fingerprint density at radius 3 is 2.42 bits per heavy atom. The van der Waals surface area contributed by atoms with Gasteiger partial charge in [0.05, 0.1) is 6.04 Å². The van der Waals surface area contributed by atoms with Crippen LogP contribution >= 0.6 is 15.9 Å². The topological polar surface area (TPSA) is 107 Å². The standard InChI is InChI=1S/C15H14BrN3O5/c1-7(20)18-6-10-11(14(22)19(10)13(18)15(23)24)17-12(21)8-2-4-9(16)5-3-8/h2-5,10-11,13H,6H2,1H3,(H,17,21)(H,23,24). The number of hydrogen-bond donors (Lipinski definition) is 2. The molecule has 24 heavy (non-hydrogen) atoms. The van der Waals surface area contributed by atoms with Crippen molar-refractivity contribution in [3.05, 3.63) is 34.3 Å². The number of fused-ring (bicyclic) bond motifs is 1. The van der Waals surface area contributed by atoms with Gasteiger partial charge in [-0.3, -0.25) is 14.4 Å². The first-order valence-electron chi connectivity index (χ1n) is 7.20. The number of nitrogens with one attached hydrogen (secondary N) is 1. The molecule has 1 aromatic rings. The van der Waals surface area contributed by atoms with E-state index in [2.05, 4.69) is 21.2 Å². The van der Waals surface area contributed by atoms with Crippen LogP contribution < -0.4 is 5.32 Å². The van der Waals surface area contributed by atoms with Gasteiger partial charge in [-0.15, -0.1) is 0 Å². The average molecular weight is 396 g/mol. The fraction of sp³-hybridized carbons (Fsp3) is 0.333. The van der Waals surface area contributed by atoms with Gasteiger partial charge in [0.15, 0.2) is 0 Å². The summed E-state index contributed by atoms with van der Waals surface area (Å²) in [7, 11) is 0. The number of carboxylic acids is 1. The summed E-state index contributed by atoms with van der Waals surface area (Å²) in [5, 5.41) is 11.9. The van der Waals surface area contributed by atoms with E-state index < -0.39 is 41.9 Å². The second kappa shape index (κ2) is 5.90. The first-order chi connectivity index (χ1) is 11.3. The second-order valence-electron chi connectivity index (χ2n) is 5.65. The zero-order valence-electron chi connectivity index (χ0n) is 12.6. The summed E-state index contributed by atoms with van der Waals surface area (Å²) in [6.07, 6.45) is -1.30. The molecule has 3 unspecified atom stereocenters. The van der Waals surface area contributed by atoms with Crippen LogP contribution in [0, 0.1) is 0 Å². The predicted octanol–water partition coefficient (Wildman–Crippen LogP) is 0.0311. The van der Waals surface area contributed by atoms with Gasteiger partial charge in [-0.2, -0.15) is 0 Å². The summed E-state index contributed by atoms with van der Waals surface area (Å²) in [6.45, 7) is 1.34. The molecule has 0 spiro atoms. The van der Waals surface area contributed by atoms with E-state index in [9.17, 15) is 24.3 Å². The van der Waals surface area contributed by atoms with Crippen LogP contribution in [0.2, 0.25) is 0 Å². The van der Waals surface area contributed by atoms with Gasteiger partial charge >= 0.3 is 5.97 Å². The van der Waals surface area contributed by atoms with Gasteiger partial charge in [-0.1, -0.05) is 15.9 Å². The number of aliphatic carboxylic acids is 1. The van der Waals surface area contributed by atoms with Gasteiger partial charge in [0, 0.05) is 23.5 Å². The normalized spacial score (nSPS) is 25.1. The van der Waals surface area contributed by atoms with E-state index in [0.29, 0.717) is 5.56 Å². The van der Waals surface area contributed by atoms with Crippen LogP contribution in [0.25, 0.3) is 0 Å². The summed E-state index contributed by atoms with van der Waals surface area (Å²) in [5.41, 5.74) is 0.389. The maximum absolute atomic E-state index is 12.2. The number of rotatable bonds is 3. The third-order valence-corrected chi connectivity index (χ3v) is 4.75. The van der Waals surface area contributed by atoms with Crippen molar-refractivity contribution in [3.63, 3.8) is 0 Å². The van der Waals surface area contributed by atoms with Crippen molar-refractivity contribution >= 4 is 39.6 Å². The van der Waals surface area contributed by atoms with Gasteiger partial charge in [-0.25, -0.2) is 4.79 Å². The van der Waals surface area contributed by atoms with Crippen LogP contribution in [0.3, 0.4) is 0 Å². The van der Waals surface area contributed by atoms with Crippen LogP contribution in [0.1, 0.15) is 17.3 Å². The number of benzene rings is 1. The van der Waals surface area contributed by atoms with Gasteiger partial charge < -0.3 is 20.2 Å². The Kier molecular flexibility index (Phi) is 4.04. The van der Waals surface area contributed by atoms with Crippen LogP contribution in [0.15, 0.2) is 28.7 Å². The summed E-state index contributed by atoms with van der Waals surface area (Å²) in [6, 6.07) is 5.27. The molecule has 2 aliphatic heterocycles. The summed E-state index contributed by atoms with van der Waals surface area (Å²) < 4.78 is 0.821. The van der Waals surface area contributed by atoms with E-state index in [1.807, 2.05) is 0 Å². The molecule has 2 N–H and O–H groups in total. The molecule has 126 valence electrons. The molecule has 0 saturated carbocycles. The van der Waals surface area contributed by atoms with Crippen molar-refractivity contribution < 1.29 is 24.3 Å². The molecule has 2 fully saturated rings. The first-order valence-corrected chi connectivity index (χ1v) is 7.99. The number of hydrogen-bond acceptors (Lipinski definition) is 4. The Balaban J connectivity index is 1.75. The van der Waals surface area contributed by atoms with Crippen LogP contribution in [0.5, 0.6) is 0 Å². The Labute approximate surface area is 145 Å². The minimum Gasteiger partial charge on any atom is -0.478 e. The van der Waals surface area contributed by atoms with E-state index in [1.165, 1.54) is 6.92 Å². The van der Waals surface area contributed by atoms with E-state index in [0.717, 1.165) is 14.3 Å². The Bertz CT molecular complexity index is 735. The number of carbonyl (C=O) groups is 4. The summed E-state index contributed by atoms with van der Waals surface area (Å²) in [5.74, 6) is -2.61. The number of carboxylic acid groups (broad SMARTS) is 1. The lowest BCUT2D eigenvalue weighted by atomic mass is 9.96. The zero-order chi connectivity index (χ0) is 17.6. The highest BCUT2D eigenvalue weighted by atomic mass is 79.9. The van der Waals surface area contributed by atoms with Crippen LogP contribution in [-0.4, -0.2) is 63.4 Å². The number of carbonyl (C=O) groups excluding carboxylic acids is 3. The molecule has 2 saturated heterocycles. The lowest BCUT2D eigenvalue weighted by Gasteiger charge is -2.43. The predicted molar refractivity (Wildman–Crippen MR) is 84.8 cm³/mol. The number of β-lactam (4-membered cyclic amide) rings is 1. The maximum Gasteiger partial charge on any atom is 0.347 e. The average Bonchev–Trinajstić information content (AvgIpc) is 2.89. The maximum atomic E-state index is 12.2. The summed E-state index contributed by atoms with van der Waals surface area (Å²) in [4.78, 5) is 49.7. The van der Waals surface area contributed by atoms with E-state index >= 15 is 0 Å². The van der Waals surface area contributed by atoms with Crippen molar-refractivity contribution in [2.45, 2.75) is 25.2 Å². The molecule has 0 aromatic heterocycles. The Hall–Kier alpha value is -2.42. The smallest absolute Gasteiger partial charge is 0.347 e. The first kappa shape index (κ1) is 16.4. The van der Waals surface area contributed by atoms with Crippen molar-refractivity contribution in [3.8, 4) is 0 Å². The van der Waals surface area contributed by atoms with Gasteiger partial charge in [0.1, 0.15) is 6.04 Å². The minimum atomic E-state index is -1.30. The fourth-order valence-corrected chi connectivity index (χ4v) is 3.32. The molecule has 0 radical (unpaired) electrons. The van der Waals surface area contributed by atoms with Crippen molar-refractivity contribution in [2.75, 3.05) is 6.54 Å². The van der Waals surface area contributed by atoms with E-state index in [4.69, 9.17) is 0 Å². The highest BCUT2D eigenvalue weighted by molar-refractivity contribution is 9.10. The van der Waals surface area contributed by atoms with Gasteiger partial charge in [-0.05, 0) is 24.3 Å². The zero-order valence-corrected chi connectivity index (χ0v) is 14.2. The molecule has 3 amide bonds. The summed E-state index contributed by atoms with van der Waals surface area (Å²) >= 11 is 3.27. The monoisotopic (exact) mass is 395 g/mol. The number of halogens is 1. The highest BCUT2D eigenvalue weighted by Gasteiger charge is 2.60. The molecule has 0 aliphatic carbocycles. The minimum absolute atomic E-state index is 0.0866. The third kappa shape index (κ3) is 2.54. The van der Waals surface area contributed by atoms with Gasteiger partial charge in [0.25, 0.3) is 5.91 Å². The molecule has 9 heteroatoms. The van der Waals surface area contributed by atoms with Crippen molar-refractivity contribution in [2.24, 2.45) is 0 Å². The molecule has 2 heterocycles. The lowest BCUT2D eigenvalue weighted by Crippen LogP contribution is -2.71. The molecule has 3 rings (SSSR count). The Morgan fingerprint density at radius 1 is 1.25 bits per heavy atom. The molecular formula is C15H14BrN3O5. The molecule has 2 aliphatic rings. The molecule has 1 aromatic carbocycles. The van der Waals surface area contributed by atoms with E-state index in [-0.39, 0.29) is 6.54 Å². The molecule has 8 nitrogen and oxygen atoms in total. The fourth-order valence-electron chi connectivity index (χ4n) is 3.05. The molecule has 3 atom stereocenters. The quantitative estimate of drug-likeness (QED) is 0.702. The van der Waals surface area contributed by atoms with Crippen LogP contribution in [-0.2, 0) is 14.4 Å². The van der Waals surface area contributed by atoms with Crippen molar-refractivity contribution in [1.82, 2.24) is 15.1 Å². The lowest BCUT2D eigenvalue weighted by molar-refractivity contribution is -0.164. The van der Waals surface area contributed by atoms with E-state index in [1.54, 1.807) is 24.3 Å². The van der Waals surface area contributed by atoms with Gasteiger partial charge in [0.2, 0.25) is 18.0 Å². The van der Waals surface area contributed by atoms with Crippen LogP contribution in [0.4, 0.5) is 0 Å². The highest BCUT2D eigenvalue weighted by Crippen LogP contribution is 2.32. The third-order valence-electron chi connectivity index (χ3n) is 4.22. The second-order valence-corrected chi connectivity index (χ2v) is 6.57. The number of nitrogens with zero attached hydrogens (tertiary/aromatic N) is 2.